The summed E-state index contributed by atoms with van der Waals surface area (Å²) >= 11 is 0. The zero-order chi connectivity index (χ0) is 15.1. The highest BCUT2D eigenvalue weighted by Gasteiger charge is 2.53. The lowest BCUT2D eigenvalue weighted by Crippen LogP contribution is -2.45. The van der Waals surface area contributed by atoms with Crippen molar-refractivity contribution in [2.24, 2.45) is 0 Å². The van der Waals surface area contributed by atoms with Crippen molar-refractivity contribution >= 4 is 0 Å². The molecule has 0 aliphatic carbocycles. The van der Waals surface area contributed by atoms with Crippen LogP contribution in [0.4, 0.5) is 0 Å². The van der Waals surface area contributed by atoms with Gasteiger partial charge in [-0.2, -0.15) is 0 Å². The molecule has 1 aliphatic heterocycles. The third-order valence-corrected chi connectivity index (χ3v) is 3.80. The number of rotatable bonds is 3. The number of aromatic nitrogens is 2. The molecule has 8 nitrogen and oxygen atoms in total. The molecule has 0 unspecified atom stereocenters. The first kappa shape index (κ1) is 14.9. The summed E-state index contributed by atoms with van der Waals surface area (Å²) in [5, 5.41) is 29.5. The van der Waals surface area contributed by atoms with Crippen LogP contribution in [0.25, 0.3) is 0 Å². The van der Waals surface area contributed by atoms with Crippen LogP contribution in [0.3, 0.4) is 0 Å². The number of ether oxygens (including phenoxy) is 1. The maximum absolute atomic E-state index is 11.8. The van der Waals surface area contributed by atoms with Crippen LogP contribution in [0.15, 0.2) is 15.8 Å². The number of aliphatic hydroxyl groups excluding tert-OH is 3. The fraction of sp³-hybridized carbons (Fsp3) is 0.667. The highest BCUT2D eigenvalue weighted by Crippen LogP contribution is 2.38. The van der Waals surface area contributed by atoms with Gasteiger partial charge in [-0.05, 0) is 13.3 Å². The van der Waals surface area contributed by atoms with Gasteiger partial charge in [0.1, 0.15) is 17.8 Å². The third-order valence-electron chi connectivity index (χ3n) is 3.80. The second-order valence-corrected chi connectivity index (χ2v) is 5.00. The minimum absolute atomic E-state index is 0.259. The number of H-pyrrole nitrogens is 1. The van der Waals surface area contributed by atoms with E-state index in [1.807, 2.05) is 0 Å². The summed E-state index contributed by atoms with van der Waals surface area (Å²) in [5.41, 5.74) is -2.33. The summed E-state index contributed by atoms with van der Waals surface area (Å²) in [7, 11) is 0. The van der Waals surface area contributed by atoms with Gasteiger partial charge in [-0.25, -0.2) is 4.79 Å². The molecule has 0 bridgehead atoms. The highest BCUT2D eigenvalue weighted by molar-refractivity contribution is 5.05. The average molecular weight is 286 g/mol. The van der Waals surface area contributed by atoms with Crippen LogP contribution in [0.2, 0.25) is 0 Å². The predicted molar refractivity (Wildman–Crippen MR) is 68.3 cm³/mol. The molecule has 8 heteroatoms. The Morgan fingerprint density at radius 3 is 2.60 bits per heavy atom. The smallest absolute Gasteiger partial charge is 0.330 e. The summed E-state index contributed by atoms with van der Waals surface area (Å²) in [4.78, 5) is 25.2. The molecule has 2 heterocycles. The molecule has 1 fully saturated rings. The summed E-state index contributed by atoms with van der Waals surface area (Å²) in [6, 6.07) is 0. The molecule has 4 N–H and O–H groups in total. The lowest BCUT2D eigenvalue weighted by Gasteiger charge is -2.28. The lowest BCUT2D eigenvalue weighted by atomic mass is 9.93. The highest BCUT2D eigenvalue weighted by atomic mass is 16.6. The topological polar surface area (TPSA) is 125 Å². The number of aromatic amines is 1. The predicted octanol–water partition coefficient (Wildman–Crippen LogP) is -1.76. The van der Waals surface area contributed by atoms with Crippen LogP contribution in [0, 0.1) is 6.92 Å². The Morgan fingerprint density at radius 1 is 1.45 bits per heavy atom. The Bertz CT molecular complexity index is 603. The van der Waals surface area contributed by atoms with Gasteiger partial charge >= 0.3 is 5.69 Å². The van der Waals surface area contributed by atoms with Gasteiger partial charge in [-0.1, -0.05) is 6.92 Å². The minimum atomic E-state index is -1.38. The van der Waals surface area contributed by atoms with Gasteiger partial charge < -0.3 is 20.1 Å². The number of nitrogens with zero attached hydrogens (tertiary/aromatic N) is 1. The molecule has 0 saturated carbocycles. The maximum Gasteiger partial charge on any atom is 0.330 e. The van der Waals surface area contributed by atoms with Gasteiger partial charge in [0.25, 0.3) is 5.56 Å². The number of hydrogen-bond acceptors (Lipinski definition) is 6. The molecule has 20 heavy (non-hydrogen) atoms. The molecular formula is C12H18N2O6. The van der Waals surface area contributed by atoms with Crippen LogP contribution >= 0.6 is 0 Å². The third kappa shape index (κ3) is 2.10. The average Bonchev–Trinajstić information content (AvgIpc) is 2.68. The van der Waals surface area contributed by atoms with E-state index in [1.165, 1.54) is 13.1 Å². The van der Waals surface area contributed by atoms with Crippen molar-refractivity contribution in [3.63, 3.8) is 0 Å². The van der Waals surface area contributed by atoms with E-state index in [4.69, 9.17) is 4.74 Å². The van der Waals surface area contributed by atoms with E-state index in [9.17, 15) is 24.9 Å². The molecule has 0 spiro atoms. The second kappa shape index (κ2) is 5.13. The Morgan fingerprint density at radius 2 is 2.10 bits per heavy atom. The summed E-state index contributed by atoms with van der Waals surface area (Å²) < 4.78 is 6.54. The first-order valence-electron chi connectivity index (χ1n) is 6.33. The fourth-order valence-electron chi connectivity index (χ4n) is 2.38. The van der Waals surface area contributed by atoms with E-state index in [2.05, 4.69) is 4.98 Å². The molecule has 4 atom stereocenters. The molecule has 1 aliphatic rings. The minimum Gasteiger partial charge on any atom is -0.393 e. The van der Waals surface area contributed by atoms with E-state index in [0.29, 0.717) is 0 Å². The Hall–Kier alpha value is -1.48. The maximum atomic E-state index is 11.8. The Labute approximate surface area is 114 Å². The van der Waals surface area contributed by atoms with Crippen molar-refractivity contribution in [2.45, 2.75) is 44.3 Å². The van der Waals surface area contributed by atoms with Crippen LogP contribution in [-0.2, 0) is 4.74 Å². The first-order valence-corrected chi connectivity index (χ1v) is 6.33. The van der Waals surface area contributed by atoms with E-state index in [1.54, 1.807) is 6.92 Å². The Kier molecular flexibility index (Phi) is 3.83. The SMILES string of the molecule is CC[C@]1(CO)O[C@@H](n2cc(C)c(=O)[nH]c2=O)[C@H](O)[C@@H]1O. The van der Waals surface area contributed by atoms with Crippen LogP contribution in [-0.4, -0.2) is 49.3 Å². The van der Waals surface area contributed by atoms with Gasteiger partial charge in [0.15, 0.2) is 6.23 Å². The van der Waals surface area contributed by atoms with E-state index in [0.717, 1.165) is 4.57 Å². The molecule has 0 aromatic carbocycles. The number of nitrogens with one attached hydrogen (secondary N) is 1. The molecule has 1 aromatic rings. The van der Waals surface area contributed by atoms with Crippen molar-refractivity contribution < 1.29 is 20.1 Å². The summed E-state index contributed by atoms with van der Waals surface area (Å²) in [5.74, 6) is 0. The van der Waals surface area contributed by atoms with E-state index in [-0.39, 0.29) is 12.0 Å². The fourth-order valence-corrected chi connectivity index (χ4v) is 2.38. The molecule has 1 aromatic heterocycles. The Balaban J connectivity index is 2.47. The van der Waals surface area contributed by atoms with E-state index < -0.39 is 41.9 Å². The van der Waals surface area contributed by atoms with Crippen LogP contribution < -0.4 is 11.2 Å². The van der Waals surface area contributed by atoms with Gasteiger partial charge in [-0.15, -0.1) is 0 Å². The number of aryl methyl sites for hydroxylation is 1. The zero-order valence-corrected chi connectivity index (χ0v) is 11.2. The zero-order valence-electron chi connectivity index (χ0n) is 11.2. The van der Waals surface area contributed by atoms with Crippen molar-refractivity contribution in [1.29, 1.82) is 0 Å². The lowest BCUT2D eigenvalue weighted by molar-refractivity contribution is -0.130. The molecule has 0 amide bonds. The number of aliphatic hydroxyl groups is 3. The molecule has 1 saturated heterocycles. The molecule has 2 rings (SSSR count). The van der Waals surface area contributed by atoms with Gasteiger partial charge in [0, 0.05) is 11.8 Å². The van der Waals surface area contributed by atoms with Crippen molar-refractivity contribution in [1.82, 2.24) is 9.55 Å². The first-order chi connectivity index (χ1) is 9.36. The largest absolute Gasteiger partial charge is 0.393 e. The quantitative estimate of drug-likeness (QED) is 0.521. The monoisotopic (exact) mass is 286 g/mol. The van der Waals surface area contributed by atoms with Crippen LogP contribution in [0.1, 0.15) is 25.1 Å². The van der Waals surface area contributed by atoms with Gasteiger partial charge in [-0.3, -0.25) is 14.3 Å². The normalized spacial score (nSPS) is 33.5. The van der Waals surface area contributed by atoms with Crippen molar-refractivity contribution in [3.8, 4) is 0 Å². The van der Waals surface area contributed by atoms with Gasteiger partial charge in [0.05, 0.1) is 6.61 Å². The van der Waals surface area contributed by atoms with Gasteiger partial charge in [0.2, 0.25) is 0 Å². The van der Waals surface area contributed by atoms with Crippen molar-refractivity contribution in [3.05, 3.63) is 32.6 Å². The standard InChI is InChI=1S/C12H18N2O6/c1-3-12(5-15)8(17)7(16)10(20-12)14-4-6(2)9(18)13-11(14)19/h4,7-8,10,15-17H,3,5H2,1-2H3,(H,13,18,19)/t7-,8+,10-,12-/m1/s1. The summed E-state index contributed by atoms with van der Waals surface area (Å²) in [6.07, 6.45) is -2.37. The summed E-state index contributed by atoms with van der Waals surface area (Å²) in [6.45, 7) is 2.70. The molecule has 0 radical (unpaired) electrons. The van der Waals surface area contributed by atoms with E-state index >= 15 is 0 Å². The molecular weight excluding hydrogens is 268 g/mol. The van der Waals surface area contributed by atoms with Crippen LogP contribution in [0.5, 0.6) is 0 Å². The molecule has 112 valence electrons. The number of hydrogen-bond donors (Lipinski definition) is 4. The van der Waals surface area contributed by atoms with Crippen molar-refractivity contribution in [2.75, 3.05) is 6.61 Å². The second-order valence-electron chi connectivity index (χ2n) is 5.00.